The van der Waals surface area contributed by atoms with Gasteiger partial charge in [-0.25, -0.2) is 13.9 Å². The van der Waals surface area contributed by atoms with Gasteiger partial charge < -0.3 is 15.3 Å². The summed E-state index contributed by atoms with van der Waals surface area (Å²) < 4.78 is 15.3. The smallest absolute Gasteiger partial charge is 0.271 e. The first kappa shape index (κ1) is 21.2. The van der Waals surface area contributed by atoms with Crippen molar-refractivity contribution >= 4 is 17.4 Å². The maximum absolute atomic E-state index is 13.8. The molecule has 0 radical (unpaired) electrons. The van der Waals surface area contributed by atoms with E-state index in [0.717, 1.165) is 24.9 Å². The minimum Gasteiger partial charge on any atom is -0.394 e. The number of aromatic nitrogens is 3. The van der Waals surface area contributed by atoms with Crippen LogP contribution in [-0.4, -0.2) is 44.8 Å². The number of nitrogens with one attached hydrogen (secondary N) is 1. The molecule has 0 unspecified atom stereocenters. The van der Waals surface area contributed by atoms with Crippen molar-refractivity contribution in [2.75, 3.05) is 18.1 Å². The standard InChI is InChI=1S/C23H28FN5O2/c1-15(2)11-18(14-30)26-23(31)20-13-25-21-8-9-22(27-29(20)21)28-10-4-7-19(28)16-5-3-6-17(24)12-16/h3,5-6,8-9,12-13,15,18-19,30H,4,7,10-11,14H2,1-2H3,(H,26,31)/t18-,19-/m1/s1. The van der Waals surface area contributed by atoms with Gasteiger partial charge in [-0.2, -0.15) is 0 Å². The number of anilines is 1. The third-order valence-electron chi connectivity index (χ3n) is 5.67. The van der Waals surface area contributed by atoms with Crippen molar-refractivity contribution in [1.29, 1.82) is 0 Å². The van der Waals surface area contributed by atoms with E-state index in [1.54, 1.807) is 12.1 Å². The van der Waals surface area contributed by atoms with Gasteiger partial charge in [-0.1, -0.05) is 26.0 Å². The highest BCUT2D eigenvalue weighted by molar-refractivity contribution is 5.93. The average Bonchev–Trinajstić information content (AvgIpc) is 3.39. The lowest BCUT2D eigenvalue weighted by Gasteiger charge is -2.26. The molecule has 7 nitrogen and oxygen atoms in total. The zero-order valence-corrected chi connectivity index (χ0v) is 17.8. The molecular weight excluding hydrogens is 397 g/mol. The van der Waals surface area contributed by atoms with Crippen LogP contribution < -0.4 is 10.2 Å². The van der Waals surface area contributed by atoms with E-state index in [9.17, 15) is 14.3 Å². The van der Waals surface area contributed by atoms with E-state index >= 15 is 0 Å². The number of carbonyl (C=O) groups excluding carboxylic acids is 1. The third kappa shape index (κ3) is 4.54. The number of nitrogens with zero attached hydrogens (tertiary/aromatic N) is 4. The highest BCUT2D eigenvalue weighted by atomic mass is 19.1. The molecule has 1 aromatic carbocycles. The van der Waals surface area contributed by atoms with E-state index in [0.29, 0.717) is 29.5 Å². The Hall–Kier alpha value is -3.00. The summed E-state index contributed by atoms with van der Waals surface area (Å²) >= 11 is 0. The molecule has 1 amide bonds. The summed E-state index contributed by atoms with van der Waals surface area (Å²) in [5, 5.41) is 17.2. The Balaban J connectivity index is 1.61. The Kier molecular flexibility index (Phi) is 6.18. The Bertz CT molecular complexity index is 1070. The molecule has 1 aliphatic rings. The molecule has 1 saturated heterocycles. The summed E-state index contributed by atoms with van der Waals surface area (Å²) in [7, 11) is 0. The second-order valence-corrected chi connectivity index (χ2v) is 8.49. The summed E-state index contributed by atoms with van der Waals surface area (Å²) in [4.78, 5) is 19.3. The molecule has 2 atom stereocenters. The van der Waals surface area contributed by atoms with Crippen LogP contribution in [0.2, 0.25) is 0 Å². The number of halogens is 1. The van der Waals surface area contributed by atoms with E-state index in [1.807, 2.05) is 32.0 Å². The van der Waals surface area contributed by atoms with E-state index in [2.05, 4.69) is 15.2 Å². The van der Waals surface area contributed by atoms with E-state index < -0.39 is 0 Å². The molecule has 8 heteroatoms. The Labute approximate surface area is 180 Å². The Morgan fingerprint density at radius 1 is 1.32 bits per heavy atom. The number of benzene rings is 1. The largest absolute Gasteiger partial charge is 0.394 e. The van der Waals surface area contributed by atoms with E-state index in [-0.39, 0.29) is 30.4 Å². The quantitative estimate of drug-likeness (QED) is 0.607. The van der Waals surface area contributed by atoms with Gasteiger partial charge in [0.25, 0.3) is 5.91 Å². The molecule has 0 bridgehead atoms. The van der Waals surface area contributed by atoms with Crippen LogP contribution in [0.15, 0.2) is 42.6 Å². The van der Waals surface area contributed by atoms with Crippen molar-refractivity contribution in [3.63, 3.8) is 0 Å². The van der Waals surface area contributed by atoms with Crippen molar-refractivity contribution in [1.82, 2.24) is 19.9 Å². The number of carbonyl (C=O) groups is 1. The first-order valence-corrected chi connectivity index (χ1v) is 10.7. The van der Waals surface area contributed by atoms with Gasteiger partial charge in [-0.3, -0.25) is 4.79 Å². The van der Waals surface area contributed by atoms with Crippen molar-refractivity contribution in [3.05, 3.63) is 59.7 Å². The first-order chi connectivity index (χ1) is 15.0. The van der Waals surface area contributed by atoms with Gasteiger partial charge >= 0.3 is 0 Å². The van der Waals surface area contributed by atoms with Gasteiger partial charge in [0, 0.05) is 6.54 Å². The number of fused-ring (bicyclic) bond motifs is 1. The topological polar surface area (TPSA) is 82.8 Å². The molecule has 0 saturated carbocycles. The fraction of sp³-hybridized carbons (Fsp3) is 0.435. The van der Waals surface area contributed by atoms with Crippen molar-refractivity contribution in [2.45, 2.75) is 45.2 Å². The first-order valence-electron chi connectivity index (χ1n) is 10.7. The van der Waals surface area contributed by atoms with Crippen LogP contribution in [0, 0.1) is 11.7 Å². The van der Waals surface area contributed by atoms with Crippen LogP contribution in [0.25, 0.3) is 5.65 Å². The van der Waals surface area contributed by atoms with Gasteiger partial charge in [0.2, 0.25) is 0 Å². The van der Waals surface area contributed by atoms with Gasteiger partial charge in [0.1, 0.15) is 11.6 Å². The molecular formula is C23H28FN5O2. The summed E-state index contributed by atoms with van der Waals surface area (Å²) in [6, 6.07) is 10.1. The molecule has 4 rings (SSSR count). The van der Waals surface area contributed by atoms with Gasteiger partial charge in [-0.05, 0) is 55.0 Å². The van der Waals surface area contributed by atoms with Crippen LogP contribution in [0.5, 0.6) is 0 Å². The van der Waals surface area contributed by atoms with Crippen LogP contribution in [0.3, 0.4) is 0 Å². The SMILES string of the molecule is CC(C)C[C@H](CO)NC(=O)c1cnc2ccc(N3CCC[C@@H]3c3cccc(F)c3)nn12. The van der Waals surface area contributed by atoms with Crippen LogP contribution in [0.1, 0.15) is 55.2 Å². The molecule has 1 fully saturated rings. The fourth-order valence-corrected chi connectivity index (χ4v) is 4.28. The van der Waals surface area contributed by atoms with Gasteiger partial charge in [0.15, 0.2) is 11.3 Å². The van der Waals surface area contributed by atoms with Crippen LogP contribution >= 0.6 is 0 Å². The zero-order valence-electron chi connectivity index (χ0n) is 17.8. The Morgan fingerprint density at radius 3 is 2.90 bits per heavy atom. The van der Waals surface area contributed by atoms with Crippen LogP contribution in [-0.2, 0) is 0 Å². The molecule has 1 aliphatic heterocycles. The molecule has 164 valence electrons. The lowest BCUT2D eigenvalue weighted by molar-refractivity contribution is 0.0901. The molecule has 0 aliphatic carbocycles. The third-order valence-corrected chi connectivity index (χ3v) is 5.67. The Morgan fingerprint density at radius 2 is 2.16 bits per heavy atom. The molecule has 2 aromatic heterocycles. The molecule has 2 N–H and O–H groups in total. The fourth-order valence-electron chi connectivity index (χ4n) is 4.28. The molecule has 31 heavy (non-hydrogen) atoms. The lowest BCUT2D eigenvalue weighted by Crippen LogP contribution is -2.39. The number of hydrogen-bond acceptors (Lipinski definition) is 5. The number of hydrogen-bond donors (Lipinski definition) is 2. The number of rotatable bonds is 7. The minimum absolute atomic E-state index is 0.0336. The molecule has 3 aromatic rings. The lowest BCUT2D eigenvalue weighted by atomic mass is 10.0. The highest BCUT2D eigenvalue weighted by Crippen LogP contribution is 2.35. The maximum Gasteiger partial charge on any atom is 0.271 e. The summed E-state index contributed by atoms with van der Waals surface area (Å²) in [5.41, 5.74) is 1.81. The predicted molar refractivity (Wildman–Crippen MR) is 117 cm³/mol. The maximum atomic E-state index is 13.8. The van der Waals surface area contributed by atoms with Crippen molar-refractivity contribution in [3.8, 4) is 0 Å². The number of aliphatic hydroxyl groups is 1. The summed E-state index contributed by atoms with van der Waals surface area (Å²) in [5.74, 6) is 0.493. The minimum atomic E-state index is -0.322. The number of aliphatic hydroxyl groups excluding tert-OH is 1. The second kappa shape index (κ2) is 9.01. The van der Waals surface area contributed by atoms with E-state index in [4.69, 9.17) is 5.10 Å². The summed E-state index contributed by atoms with van der Waals surface area (Å²) in [6.45, 7) is 4.77. The molecule has 3 heterocycles. The number of amides is 1. The molecule has 0 spiro atoms. The van der Waals surface area contributed by atoms with Gasteiger partial charge in [0.05, 0.1) is 24.9 Å². The predicted octanol–water partition coefficient (Wildman–Crippen LogP) is 3.35. The van der Waals surface area contributed by atoms with Crippen LogP contribution in [0.4, 0.5) is 10.2 Å². The van der Waals surface area contributed by atoms with Crippen molar-refractivity contribution in [2.24, 2.45) is 5.92 Å². The van der Waals surface area contributed by atoms with E-state index in [1.165, 1.54) is 16.8 Å². The number of imidazole rings is 1. The normalized spacial score (nSPS) is 17.5. The second-order valence-electron chi connectivity index (χ2n) is 8.49. The monoisotopic (exact) mass is 425 g/mol. The zero-order chi connectivity index (χ0) is 22.0. The van der Waals surface area contributed by atoms with Crippen molar-refractivity contribution < 1.29 is 14.3 Å². The average molecular weight is 426 g/mol. The summed E-state index contributed by atoms with van der Waals surface area (Å²) in [6.07, 6.45) is 4.07. The highest BCUT2D eigenvalue weighted by Gasteiger charge is 2.28. The van der Waals surface area contributed by atoms with Gasteiger partial charge in [-0.15, -0.1) is 5.10 Å².